The molecule has 30 heavy (non-hydrogen) atoms. The van der Waals surface area contributed by atoms with Crippen molar-refractivity contribution in [1.82, 2.24) is 4.90 Å². The van der Waals surface area contributed by atoms with Gasteiger partial charge in [0.05, 0.1) is 5.92 Å². The van der Waals surface area contributed by atoms with Gasteiger partial charge >= 0.3 is 12.1 Å². The van der Waals surface area contributed by atoms with E-state index in [4.69, 9.17) is 9.47 Å². The van der Waals surface area contributed by atoms with Crippen molar-refractivity contribution in [3.63, 3.8) is 0 Å². The van der Waals surface area contributed by atoms with Crippen LogP contribution in [0.15, 0.2) is 36.9 Å². The summed E-state index contributed by atoms with van der Waals surface area (Å²) in [6.07, 6.45) is 3.70. The summed E-state index contributed by atoms with van der Waals surface area (Å²) in [6, 6.07) is 8.25. The average Bonchev–Trinajstić information content (AvgIpc) is 3.07. The first-order valence-electron chi connectivity index (χ1n) is 10.8. The van der Waals surface area contributed by atoms with Crippen molar-refractivity contribution < 1.29 is 19.1 Å². The first-order valence-corrected chi connectivity index (χ1v) is 10.8. The minimum atomic E-state index is -0.552. The van der Waals surface area contributed by atoms with Crippen molar-refractivity contribution >= 4 is 12.1 Å². The Bertz CT molecular complexity index is 757. The fourth-order valence-electron chi connectivity index (χ4n) is 3.73. The number of rotatable bonds is 6. The molecule has 1 aliphatic heterocycles. The lowest BCUT2D eigenvalue weighted by atomic mass is 9.85. The number of likely N-dealkylation sites (tertiary alicyclic amines) is 1. The van der Waals surface area contributed by atoms with Crippen LogP contribution in [0.4, 0.5) is 4.79 Å². The normalized spacial score (nSPS) is 18.1. The Morgan fingerprint density at radius 3 is 2.37 bits per heavy atom. The molecular weight excluding hydrogens is 378 g/mol. The highest BCUT2D eigenvalue weighted by atomic mass is 16.6. The molecule has 0 aromatic heterocycles. The summed E-state index contributed by atoms with van der Waals surface area (Å²) < 4.78 is 11.3. The van der Waals surface area contributed by atoms with E-state index in [-0.39, 0.29) is 23.9 Å². The number of carbonyl (C=O) groups excluding carboxylic acids is 2. The first-order chi connectivity index (χ1) is 13.9. The van der Waals surface area contributed by atoms with Crippen molar-refractivity contribution in [3.05, 3.63) is 48.0 Å². The maximum atomic E-state index is 13.1. The van der Waals surface area contributed by atoms with Crippen LogP contribution >= 0.6 is 0 Å². The van der Waals surface area contributed by atoms with Crippen molar-refractivity contribution in [3.8, 4) is 0 Å². The minimum Gasteiger partial charge on any atom is -0.460 e. The summed E-state index contributed by atoms with van der Waals surface area (Å²) in [5.41, 5.74) is 1.18. The molecule has 0 radical (unpaired) electrons. The maximum absolute atomic E-state index is 13.1. The Morgan fingerprint density at radius 2 is 1.77 bits per heavy atom. The molecule has 1 heterocycles. The minimum absolute atomic E-state index is 0.0374. The van der Waals surface area contributed by atoms with E-state index in [9.17, 15) is 9.59 Å². The fourth-order valence-corrected chi connectivity index (χ4v) is 3.73. The molecule has 1 amide bonds. The first kappa shape index (κ1) is 24.0. The number of ether oxygens (including phenoxy) is 2. The molecule has 1 aromatic carbocycles. The number of hydrogen-bond acceptors (Lipinski definition) is 4. The Morgan fingerprint density at radius 1 is 1.13 bits per heavy atom. The molecule has 1 fully saturated rings. The zero-order valence-electron chi connectivity index (χ0n) is 19.4. The topological polar surface area (TPSA) is 55.8 Å². The molecular formula is C25H37NO4. The van der Waals surface area contributed by atoms with E-state index < -0.39 is 11.2 Å². The van der Waals surface area contributed by atoms with Gasteiger partial charge in [-0.1, -0.05) is 30.3 Å². The van der Waals surface area contributed by atoms with Crippen LogP contribution in [0.25, 0.3) is 0 Å². The Kier molecular flexibility index (Phi) is 7.73. The standard InChI is InChI=1S/C25H37NO4/c1-8-10-18-11-9-12-19(15-18)16-21(22(27)29-24(2,3)4)20-13-14-26(17-20)23(28)30-25(5,6)7/h8-9,11-12,15,20-21H,1,10,13-14,16-17H2,2-7H3/t20-,21-/m0/s1. The van der Waals surface area contributed by atoms with Crippen LogP contribution in [-0.2, 0) is 27.1 Å². The molecule has 1 saturated heterocycles. The van der Waals surface area contributed by atoms with Gasteiger partial charge in [0.2, 0.25) is 0 Å². The molecule has 2 atom stereocenters. The van der Waals surface area contributed by atoms with Crippen LogP contribution in [0.2, 0.25) is 0 Å². The molecule has 1 aliphatic rings. The number of amides is 1. The summed E-state index contributed by atoms with van der Waals surface area (Å²) in [6.45, 7) is 16.1. The Labute approximate surface area is 181 Å². The monoisotopic (exact) mass is 415 g/mol. The highest BCUT2D eigenvalue weighted by Gasteiger charge is 2.39. The van der Waals surface area contributed by atoms with E-state index in [0.717, 1.165) is 18.4 Å². The maximum Gasteiger partial charge on any atom is 0.410 e. The van der Waals surface area contributed by atoms with Gasteiger partial charge < -0.3 is 14.4 Å². The Hall–Kier alpha value is -2.30. The van der Waals surface area contributed by atoms with Gasteiger partial charge in [-0.25, -0.2) is 4.79 Å². The highest BCUT2D eigenvalue weighted by molar-refractivity contribution is 5.74. The molecule has 0 unspecified atom stereocenters. The molecule has 5 heteroatoms. The largest absolute Gasteiger partial charge is 0.460 e. The summed E-state index contributed by atoms with van der Waals surface area (Å²) in [5.74, 6) is -0.473. The molecule has 1 aromatic rings. The lowest BCUT2D eigenvalue weighted by Gasteiger charge is -2.28. The van der Waals surface area contributed by atoms with E-state index in [0.29, 0.717) is 19.5 Å². The van der Waals surface area contributed by atoms with Crippen LogP contribution < -0.4 is 0 Å². The van der Waals surface area contributed by atoms with Crippen LogP contribution in [0, 0.1) is 11.8 Å². The zero-order valence-corrected chi connectivity index (χ0v) is 19.4. The van der Waals surface area contributed by atoms with Crippen LogP contribution in [0.1, 0.15) is 59.1 Å². The van der Waals surface area contributed by atoms with Gasteiger partial charge in [0.15, 0.2) is 0 Å². The molecule has 0 saturated carbocycles. The molecule has 0 N–H and O–H groups in total. The third-order valence-corrected chi connectivity index (χ3v) is 4.98. The highest BCUT2D eigenvalue weighted by Crippen LogP contribution is 2.30. The van der Waals surface area contributed by atoms with Gasteiger partial charge in [0.1, 0.15) is 11.2 Å². The predicted octanol–water partition coefficient (Wildman–Crippen LogP) is 5.17. The van der Waals surface area contributed by atoms with E-state index in [1.54, 1.807) is 4.90 Å². The number of carbonyl (C=O) groups is 2. The van der Waals surface area contributed by atoms with Crippen molar-refractivity contribution in [2.45, 2.75) is 72.0 Å². The lowest BCUT2D eigenvalue weighted by Crippen LogP contribution is -2.38. The number of nitrogens with zero attached hydrogens (tertiary/aromatic N) is 1. The lowest BCUT2D eigenvalue weighted by molar-refractivity contribution is -0.161. The second-order valence-corrected chi connectivity index (χ2v) is 10.1. The van der Waals surface area contributed by atoms with Gasteiger partial charge in [0, 0.05) is 13.1 Å². The van der Waals surface area contributed by atoms with E-state index in [1.165, 1.54) is 5.56 Å². The van der Waals surface area contributed by atoms with Crippen molar-refractivity contribution in [2.24, 2.45) is 11.8 Å². The van der Waals surface area contributed by atoms with E-state index in [2.05, 4.69) is 18.7 Å². The molecule has 0 aliphatic carbocycles. The second kappa shape index (κ2) is 9.67. The Balaban J connectivity index is 2.18. The predicted molar refractivity (Wildman–Crippen MR) is 119 cm³/mol. The molecule has 0 bridgehead atoms. The number of esters is 1. The number of allylic oxidation sites excluding steroid dienone is 1. The number of benzene rings is 1. The van der Waals surface area contributed by atoms with Gasteiger partial charge in [-0.15, -0.1) is 6.58 Å². The summed E-state index contributed by atoms with van der Waals surface area (Å²) >= 11 is 0. The van der Waals surface area contributed by atoms with Crippen LogP contribution in [0.5, 0.6) is 0 Å². The van der Waals surface area contributed by atoms with Crippen LogP contribution in [-0.4, -0.2) is 41.3 Å². The fraction of sp³-hybridized carbons (Fsp3) is 0.600. The zero-order chi connectivity index (χ0) is 22.5. The molecule has 2 rings (SSSR count). The van der Waals surface area contributed by atoms with Gasteiger partial charge in [-0.2, -0.15) is 0 Å². The van der Waals surface area contributed by atoms with E-state index >= 15 is 0 Å². The molecule has 166 valence electrons. The smallest absolute Gasteiger partial charge is 0.410 e. The molecule has 0 spiro atoms. The van der Waals surface area contributed by atoms with Crippen molar-refractivity contribution in [2.75, 3.05) is 13.1 Å². The van der Waals surface area contributed by atoms with Crippen molar-refractivity contribution in [1.29, 1.82) is 0 Å². The third-order valence-electron chi connectivity index (χ3n) is 4.98. The summed E-state index contributed by atoms with van der Waals surface area (Å²) in [7, 11) is 0. The molecule has 5 nitrogen and oxygen atoms in total. The third kappa shape index (κ3) is 7.51. The quantitative estimate of drug-likeness (QED) is 0.475. The second-order valence-electron chi connectivity index (χ2n) is 10.1. The average molecular weight is 416 g/mol. The SMILES string of the molecule is C=CCc1cccc(C[C@H](C(=O)OC(C)(C)C)[C@H]2CCN(C(=O)OC(C)(C)C)C2)c1. The van der Waals surface area contributed by atoms with Crippen LogP contribution in [0.3, 0.4) is 0 Å². The number of hydrogen-bond donors (Lipinski definition) is 0. The van der Waals surface area contributed by atoms with E-state index in [1.807, 2.05) is 59.8 Å². The summed E-state index contributed by atoms with van der Waals surface area (Å²) in [5, 5.41) is 0. The summed E-state index contributed by atoms with van der Waals surface area (Å²) in [4.78, 5) is 27.3. The van der Waals surface area contributed by atoms with Gasteiger partial charge in [0.25, 0.3) is 0 Å². The van der Waals surface area contributed by atoms with Gasteiger partial charge in [-0.05, 0) is 77.8 Å². The van der Waals surface area contributed by atoms with Gasteiger partial charge in [-0.3, -0.25) is 4.79 Å².